The first kappa shape index (κ1) is 23.3. The van der Waals surface area contributed by atoms with E-state index < -0.39 is 0 Å². The number of pyridine rings is 1. The summed E-state index contributed by atoms with van der Waals surface area (Å²) in [4.78, 5) is 30.6. The van der Waals surface area contributed by atoms with Crippen LogP contribution in [0.2, 0.25) is 0 Å². The molecule has 0 spiro atoms. The molecule has 2 aromatic carbocycles. The van der Waals surface area contributed by atoms with E-state index in [0.717, 1.165) is 71.4 Å². The summed E-state index contributed by atoms with van der Waals surface area (Å²) in [5.74, 6) is 2.33. The Labute approximate surface area is 210 Å². The number of anilines is 3. The summed E-state index contributed by atoms with van der Waals surface area (Å²) in [6.45, 7) is 5.47. The van der Waals surface area contributed by atoms with Crippen molar-refractivity contribution in [2.45, 2.75) is 6.92 Å². The van der Waals surface area contributed by atoms with Crippen LogP contribution in [0, 0.1) is 6.92 Å². The van der Waals surface area contributed by atoms with E-state index in [0.29, 0.717) is 0 Å². The van der Waals surface area contributed by atoms with Crippen LogP contribution >= 0.6 is 0 Å². The van der Waals surface area contributed by atoms with Crippen LogP contribution < -0.4 is 19.9 Å². The van der Waals surface area contributed by atoms with E-state index in [1.165, 1.54) is 6.08 Å². The molecule has 0 atom stereocenters. The van der Waals surface area contributed by atoms with Gasteiger partial charge >= 0.3 is 0 Å². The quantitative estimate of drug-likeness (QED) is 0.412. The number of fused-ring (bicyclic) bond motifs is 1. The molecule has 1 fully saturated rings. The van der Waals surface area contributed by atoms with E-state index >= 15 is 0 Å². The zero-order valence-corrected chi connectivity index (χ0v) is 20.4. The first-order chi connectivity index (χ1) is 17.6. The zero-order chi connectivity index (χ0) is 24.9. The van der Waals surface area contributed by atoms with Gasteiger partial charge in [0, 0.05) is 55.7 Å². The first-order valence-corrected chi connectivity index (χ1v) is 11.9. The van der Waals surface area contributed by atoms with E-state index in [-0.39, 0.29) is 5.91 Å². The summed E-state index contributed by atoms with van der Waals surface area (Å²) in [6.07, 6.45) is 6.85. The van der Waals surface area contributed by atoms with Gasteiger partial charge in [-0.2, -0.15) is 0 Å². The summed E-state index contributed by atoms with van der Waals surface area (Å²) in [6, 6.07) is 17.3. The molecule has 0 radical (unpaired) electrons. The van der Waals surface area contributed by atoms with E-state index in [4.69, 9.17) is 9.72 Å². The average molecular weight is 481 g/mol. The zero-order valence-electron chi connectivity index (χ0n) is 20.4. The van der Waals surface area contributed by atoms with E-state index in [2.05, 4.69) is 38.1 Å². The Kier molecular flexibility index (Phi) is 6.75. The second kappa shape index (κ2) is 10.4. The van der Waals surface area contributed by atoms with Crippen molar-refractivity contribution >= 4 is 40.3 Å². The Balaban J connectivity index is 1.25. The Morgan fingerprint density at radius 1 is 0.972 bits per heavy atom. The lowest BCUT2D eigenvalue weighted by Crippen LogP contribution is -2.47. The smallest absolute Gasteiger partial charge is 0.248 e. The van der Waals surface area contributed by atoms with E-state index in [1.54, 1.807) is 25.6 Å². The molecule has 182 valence electrons. The van der Waals surface area contributed by atoms with Crippen molar-refractivity contribution in [2.24, 2.45) is 0 Å². The number of hydrogen-bond acceptors (Lipinski definition) is 7. The van der Waals surface area contributed by atoms with Crippen LogP contribution in [0.25, 0.3) is 17.0 Å². The third kappa shape index (κ3) is 5.27. The number of amides is 1. The molecule has 0 unspecified atom stereocenters. The number of nitrogens with one attached hydrogen (secondary N) is 1. The highest BCUT2D eigenvalue weighted by Crippen LogP contribution is 2.26. The van der Waals surface area contributed by atoms with Gasteiger partial charge in [0.25, 0.3) is 0 Å². The van der Waals surface area contributed by atoms with Crippen molar-refractivity contribution in [2.75, 3.05) is 48.4 Å². The van der Waals surface area contributed by atoms with Crippen LogP contribution in [0.3, 0.4) is 0 Å². The van der Waals surface area contributed by atoms with Gasteiger partial charge in [0.05, 0.1) is 12.6 Å². The Bertz CT molecular complexity index is 1380. The summed E-state index contributed by atoms with van der Waals surface area (Å²) < 4.78 is 5.16. The number of benzene rings is 2. The maximum absolute atomic E-state index is 12.5. The van der Waals surface area contributed by atoms with Gasteiger partial charge in [-0.05, 0) is 66.6 Å². The molecule has 36 heavy (non-hydrogen) atoms. The number of aromatic nitrogens is 3. The average Bonchev–Trinajstić information content (AvgIpc) is 2.93. The van der Waals surface area contributed by atoms with Crippen LogP contribution in [-0.2, 0) is 4.79 Å². The van der Waals surface area contributed by atoms with Crippen molar-refractivity contribution in [1.82, 2.24) is 15.0 Å². The molecule has 0 aliphatic carbocycles. The minimum atomic E-state index is -0.187. The van der Waals surface area contributed by atoms with Crippen molar-refractivity contribution in [3.05, 3.63) is 84.2 Å². The molecule has 0 bridgehead atoms. The molecule has 5 rings (SSSR count). The third-order valence-electron chi connectivity index (χ3n) is 6.25. The summed E-state index contributed by atoms with van der Waals surface area (Å²) in [7, 11) is 1.63. The molecule has 8 nitrogen and oxygen atoms in total. The van der Waals surface area contributed by atoms with Gasteiger partial charge in [-0.3, -0.25) is 4.79 Å². The van der Waals surface area contributed by atoms with Crippen LogP contribution in [0.15, 0.2) is 73.1 Å². The number of methoxy groups -OCH3 is 1. The summed E-state index contributed by atoms with van der Waals surface area (Å²) >= 11 is 0. The SMILES string of the molecule is COc1ccc(/C=C/C(=O)Nc2ccc3nc(N4CCN(c5ncccn5)CC4)cc(C)c3c2)cc1. The van der Waals surface area contributed by atoms with Gasteiger partial charge in [0.2, 0.25) is 11.9 Å². The molecule has 1 amide bonds. The van der Waals surface area contributed by atoms with Gasteiger partial charge in [0.15, 0.2) is 0 Å². The van der Waals surface area contributed by atoms with Crippen LogP contribution in [-0.4, -0.2) is 54.1 Å². The van der Waals surface area contributed by atoms with Crippen LogP contribution in [0.4, 0.5) is 17.5 Å². The van der Waals surface area contributed by atoms with Crippen molar-refractivity contribution in [3.8, 4) is 5.75 Å². The Morgan fingerprint density at radius 2 is 1.69 bits per heavy atom. The van der Waals surface area contributed by atoms with Crippen LogP contribution in [0.5, 0.6) is 5.75 Å². The standard InChI is InChI=1S/C28H28N6O2/c1-20-18-26(33-14-16-34(17-15-33)28-29-12-3-13-30-28)32-25-10-7-22(19-24(20)25)31-27(35)11-6-21-4-8-23(36-2)9-5-21/h3-13,18-19H,14-17H2,1-2H3,(H,31,35)/b11-6+. The van der Waals surface area contributed by atoms with Crippen LogP contribution in [0.1, 0.15) is 11.1 Å². The van der Waals surface area contributed by atoms with E-state index in [1.807, 2.05) is 48.5 Å². The van der Waals surface area contributed by atoms with Gasteiger partial charge in [-0.15, -0.1) is 0 Å². The molecular weight excluding hydrogens is 452 g/mol. The lowest BCUT2D eigenvalue weighted by molar-refractivity contribution is -0.111. The molecule has 1 N–H and O–H groups in total. The molecule has 1 aliphatic heterocycles. The number of aryl methyl sites for hydroxylation is 1. The first-order valence-electron chi connectivity index (χ1n) is 11.9. The van der Waals surface area contributed by atoms with Gasteiger partial charge in [-0.1, -0.05) is 12.1 Å². The molecule has 2 aromatic heterocycles. The second-order valence-corrected chi connectivity index (χ2v) is 8.65. The Morgan fingerprint density at radius 3 is 2.42 bits per heavy atom. The number of carbonyl (C=O) groups is 1. The fourth-order valence-electron chi connectivity index (χ4n) is 4.28. The predicted molar refractivity (Wildman–Crippen MR) is 144 cm³/mol. The van der Waals surface area contributed by atoms with Crippen molar-refractivity contribution in [1.29, 1.82) is 0 Å². The number of hydrogen-bond donors (Lipinski definition) is 1. The minimum absolute atomic E-state index is 0.187. The molecule has 1 aliphatic rings. The van der Waals surface area contributed by atoms with Crippen molar-refractivity contribution < 1.29 is 9.53 Å². The molecule has 4 aromatic rings. The molecule has 1 saturated heterocycles. The number of nitrogens with zero attached hydrogens (tertiary/aromatic N) is 5. The maximum atomic E-state index is 12.5. The molecule has 3 heterocycles. The van der Waals surface area contributed by atoms with Gasteiger partial charge < -0.3 is 19.9 Å². The fraction of sp³-hybridized carbons (Fsp3) is 0.214. The highest BCUT2D eigenvalue weighted by atomic mass is 16.5. The molecule has 0 saturated carbocycles. The highest BCUT2D eigenvalue weighted by Gasteiger charge is 2.20. The minimum Gasteiger partial charge on any atom is -0.497 e. The number of carbonyl (C=O) groups excluding carboxylic acids is 1. The number of rotatable bonds is 6. The monoisotopic (exact) mass is 480 g/mol. The van der Waals surface area contributed by atoms with E-state index in [9.17, 15) is 4.79 Å². The normalized spacial score (nSPS) is 13.8. The summed E-state index contributed by atoms with van der Waals surface area (Å²) in [5, 5.41) is 3.97. The lowest BCUT2D eigenvalue weighted by atomic mass is 10.1. The maximum Gasteiger partial charge on any atom is 0.248 e. The van der Waals surface area contributed by atoms with Gasteiger partial charge in [0.1, 0.15) is 11.6 Å². The lowest BCUT2D eigenvalue weighted by Gasteiger charge is -2.35. The Hall–Kier alpha value is -4.46. The highest BCUT2D eigenvalue weighted by molar-refractivity contribution is 6.03. The third-order valence-corrected chi connectivity index (χ3v) is 6.25. The topological polar surface area (TPSA) is 83.5 Å². The van der Waals surface area contributed by atoms with Crippen molar-refractivity contribution in [3.63, 3.8) is 0 Å². The molecule has 8 heteroatoms. The largest absolute Gasteiger partial charge is 0.497 e. The molecular formula is C28H28N6O2. The van der Waals surface area contributed by atoms with Gasteiger partial charge in [-0.25, -0.2) is 15.0 Å². The predicted octanol–water partition coefficient (Wildman–Crippen LogP) is 4.32. The second-order valence-electron chi connectivity index (χ2n) is 8.65. The fourth-order valence-corrected chi connectivity index (χ4v) is 4.28. The summed E-state index contributed by atoms with van der Waals surface area (Å²) in [5.41, 5.74) is 3.69. The number of piperazine rings is 1. The number of ether oxygens (including phenoxy) is 1.